The predicted molar refractivity (Wildman–Crippen MR) is 72.4 cm³/mol. The van der Waals surface area contributed by atoms with Gasteiger partial charge < -0.3 is 10.6 Å². The number of hydrogen-bond donors (Lipinski definition) is 2. The minimum absolute atomic E-state index is 0.00219. The number of carbonyl (C=O) groups excluding carboxylic acids is 2. The van der Waals surface area contributed by atoms with Crippen LogP contribution in [-0.4, -0.2) is 17.9 Å². The molecule has 0 spiro atoms. The van der Waals surface area contributed by atoms with Crippen LogP contribution < -0.4 is 10.6 Å². The van der Waals surface area contributed by atoms with E-state index in [0.29, 0.717) is 5.69 Å². The van der Waals surface area contributed by atoms with Gasteiger partial charge in [-0.2, -0.15) is 0 Å². The molecule has 0 bridgehead atoms. The number of hydrogen-bond acceptors (Lipinski definition) is 2. The van der Waals surface area contributed by atoms with E-state index < -0.39 is 11.8 Å². The van der Waals surface area contributed by atoms with E-state index in [-0.39, 0.29) is 6.04 Å². The largest absolute Gasteiger partial charge is 0.345 e. The highest BCUT2D eigenvalue weighted by molar-refractivity contribution is 6.39. The molecular weight excluding hydrogens is 228 g/mol. The van der Waals surface area contributed by atoms with Crippen molar-refractivity contribution in [2.24, 2.45) is 0 Å². The molecule has 4 heteroatoms. The van der Waals surface area contributed by atoms with Crippen LogP contribution in [0.3, 0.4) is 0 Å². The number of aryl methyl sites for hydroxylation is 2. The van der Waals surface area contributed by atoms with Crippen molar-refractivity contribution >= 4 is 17.5 Å². The van der Waals surface area contributed by atoms with Crippen LogP contribution in [0.2, 0.25) is 0 Å². The van der Waals surface area contributed by atoms with E-state index in [4.69, 9.17) is 0 Å². The van der Waals surface area contributed by atoms with E-state index in [2.05, 4.69) is 10.6 Å². The van der Waals surface area contributed by atoms with Gasteiger partial charge in [0.15, 0.2) is 0 Å². The molecule has 0 aliphatic carbocycles. The summed E-state index contributed by atoms with van der Waals surface area (Å²) in [4.78, 5) is 23.2. The lowest BCUT2D eigenvalue weighted by molar-refractivity contribution is -0.136. The Hall–Kier alpha value is -1.84. The lowest BCUT2D eigenvalue weighted by Crippen LogP contribution is -2.40. The molecule has 0 aliphatic rings. The second-order valence-corrected chi connectivity index (χ2v) is 4.56. The molecule has 4 nitrogen and oxygen atoms in total. The van der Waals surface area contributed by atoms with Crippen molar-refractivity contribution in [1.82, 2.24) is 5.32 Å². The molecule has 0 aromatic heterocycles. The van der Waals surface area contributed by atoms with Gasteiger partial charge in [0, 0.05) is 11.7 Å². The van der Waals surface area contributed by atoms with E-state index in [1.807, 2.05) is 39.8 Å². The molecule has 0 heterocycles. The predicted octanol–water partition coefficient (Wildman–Crippen LogP) is 2.16. The van der Waals surface area contributed by atoms with Crippen LogP contribution in [0.4, 0.5) is 5.69 Å². The lowest BCUT2D eigenvalue weighted by Gasteiger charge is -2.12. The maximum Gasteiger partial charge on any atom is 0.313 e. The first kappa shape index (κ1) is 14.2. The highest BCUT2D eigenvalue weighted by Crippen LogP contribution is 2.15. The molecule has 2 amide bonds. The quantitative estimate of drug-likeness (QED) is 0.805. The summed E-state index contributed by atoms with van der Waals surface area (Å²) in [6, 6.07) is 5.67. The summed E-state index contributed by atoms with van der Waals surface area (Å²) < 4.78 is 0. The average Bonchev–Trinajstić information content (AvgIpc) is 2.32. The number of carbonyl (C=O) groups is 2. The molecule has 0 radical (unpaired) electrons. The Kier molecular flexibility index (Phi) is 4.89. The molecule has 0 aliphatic heterocycles. The zero-order valence-corrected chi connectivity index (χ0v) is 11.3. The number of amides is 2. The van der Waals surface area contributed by atoms with Crippen LogP contribution in [0.15, 0.2) is 18.2 Å². The second kappa shape index (κ2) is 6.19. The van der Waals surface area contributed by atoms with Gasteiger partial charge in [0.1, 0.15) is 0 Å². The van der Waals surface area contributed by atoms with Crippen LogP contribution in [0.1, 0.15) is 31.4 Å². The van der Waals surface area contributed by atoms with Gasteiger partial charge >= 0.3 is 11.8 Å². The molecule has 0 fully saturated rings. The summed E-state index contributed by atoms with van der Waals surface area (Å²) in [5.74, 6) is -1.22. The molecule has 0 unspecified atom stereocenters. The maximum absolute atomic E-state index is 11.7. The zero-order valence-electron chi connectivity index (χ0n) is 11.3. The Bertz CT molecular complexity index is 455. The van der Waals surface area contributed by atoms with Crippen molar-refractivity contribution in [3.8, 4) is 0 Å². The summed E-state index contributed by atoms with van der Waals surface area (Å²) in [7, 11) is 0. The first-order chi connectivity index (χ1) is 8.43. The number of anilines is 1. The van der Waals surface area contributed by atoms with Crippen LogP contribution in [0.25, 0.3) is 0 Å². The Morgan fingerprint density at radius 3 is 2.44 bits per heavy atom. The Morgan fingerprint density at radius 1 is 1.22 bits per heavy atom. The fourth-order valence-electron chi connectivity index (χ4n) is 1.52. The van der Waals surface area contributed by atoms with E-state index in [1.165, 1.54) is 0 Å². The normalized spacial score (nSPS) is 11.8. The molecule has 2 N–H and O–H groups in total. The Balaban J connectivity index is 2.67. The van der Waals surface area contributed by atoms with Crippen LogP contribution in [0, 0.1) is 13.8 Å². The van der Waals surface area contributed by atoms with Crippen molar-refractivity contribution in [2.45, 2.75) is 40.2 Å². The van der Waals surface area contributed by atoms with Gasteiger partial charge in [-0.25, -0.2) is 0 Å². The Morgan fingerprint density at radius 2 is 1.89 bits per heavy atom. The zero-order chi connectivity index (χ0) is 13.7. The number of rotatable bonds is 3. The van der Waals surface area contributed by atoms with Crippen molar-refractivity contribution < 1.29 is 9.59 Å². The van der Waals surface area contributed by atoms with Gasteiger partial charge in [-0.1, -0.05) is 24.6 Å². The van der Waals surface area contributed by atoms with E-state index in [0.717, 1.165) is 17.5 Å². The van der Waals surface area contributed by atoms with Crippen LogP contribution in [-0.2, 0) is 9.59 Å². The van der Waals surface area contributed by atoms with Crippen molar-refractivity contribution in [2.75, 3.05) is 5.32 Å². The lowest BCUT2D eigenvalue weighted by atomic mass is 10.1. The van der Waals surface area contributed by atoms with Gasteiger partial charge in [0.05, 0.1) is 0 Å². The Labute approximate surface area is 108 Å². The van der Waals surface area contributed by atoms with E-state index >= 15 is 0 Å². The van der Waals surface area contributed by atoms with Gasteiger partial charge in [-0.15, -0.1) is 0 Å². The highest BCUT2D eigenvalue weighted by atomic mass is 16.2. The minimum Gasteiger partial charge on any atom is -0.345 e. The third kappa shape index (κ3) is 3.87. The van der Waals surface area contributed by atoms with Crippen LogP contribution in [0.5, 0.6) is 0 Å². The third-order valence-electron chi connectivity index (χ3n) is 2.83. The van der Waals surface area contributed by atoms with Crippen molar-refractivity contribution in [3.05, 3.63) is 29.3 Å². The summed E-state index contributed by atoms with van der Waals surface area (Å²) in [6.07, 6.45) is 0.794. The number of benzene rings is 1. The molecule has 1 atom stereocenters. The van der Waals surface area contributed by atoms with Gasteiger partial charge in [-0.3, -0.25) is 9.59 Å². The molecule has 98 valence electrons. The number of nitrogens with one attached hydrogen (secondary N) is 2. The van der Waals surface area contributed by atoms with Gasteiger partial charge in [-0.05, 0) is 38.8 Å². The summed E-state index contributed by atoms with van der Waals surface area (Å²) >= 11 is 0. The van der Waals surface area contributed by atoms with Crippen molar-refractivity contribution in [3.63, 3.8) is 0 Å². The molecule has 0 saturated heterocycles. The first-order valence-corrected chi connectivity index (χ1v) is 6.13. The topological polar surface area (TPSA) is 58.2 Å². The maximum atomic E-state index is 11.7. The smallest absolute Gasteiger partial charge is 0.313 e. The summed E-state index contributed by atoms with van der Waals surface area (Å²) in [5, 5.41) is 5.25. The van der Waals surface area contributed by atoms with E-state index in [1.54, 1.807) is 6.07 Å². The highest BCUT2D eigenvalue weighted by Gasteiger charge is 2.16. The molecule has 0 saturated carbocycles. The van der Waals surface area contributed by atoms with Gasteiger partial charge in [0.25, 0.3) is 0 Å². The minimum atomic E-state index is -0.623. The average molecular weight is 248 g/mol. The second-order valence-electron chi connectivity index (χ2n) is 4.56. The fourth-order valence-corrected chi connectivity index (χ4v) is 1.52. The fraction of sp³-hybridized carbons (Fsp3) is 0.429. The summed E-state index contributed by atoms with van der Waals surface area (Å²) in [5.41, 5.74) is 2.74. The SMILES string of the molecule is CC[C@@H](C)NC(=O)C(=O)Nc1ccc(C)cc1C. The summed E-state index contributed by atoms with van der Waals surface area (Å²) in [6.45, 7) is 7.69. The molecule has 18 heavy (non-hydrogen) atoms. The van der Waals surface area contributed by atoms with E-state index in [9.17, 15) is 9.59 Å². The standard InChI is InChI=1S/C14H20N2O2/c1-5-11(4)15-13(17)14(18)16-12-7-6-9(2)8-10(12)3/h6-8,11H,5H2,1-4H3,(H,15,17)(H,16,18)/t11-/m1/s1. The first-order valence-electron chi connectivity index (χ1n) is 6.13. The molecule has 1 rings (SSSR count). The van der Waals surface area contributed by atoms with Crippen LogP contribution >= 0.6 is 0 Å². The molecule has 1 aromatic carbocycles. The third-order valence-corrected chi connectivity index (χ3v) is 2.83. The van der Waals surface area contributed by atoms with Crippen molar-refractivity contribution in [1.29, 1.82) is 0 Å². The van der Waals surface area contributed by atoms with Gasteiger partial charge in [0.2, 0.25) is 0 Å². The monoisotopic (exact) mass is 248 g/mol. The molecule has 1 aromatic rings. The molecular formula is C14H20N2O2.